The summed E-state index contributed by atoms with van der Waals surface area (Å²) in [4.78, 5) is 23.4. The van der Waals surface area contributed by atoms with Gasteiger partial charge < -0.3 is 67.3 Å². The van der Waals surface area contributed by atoms with Crippen molar-refractivity contribution in [1.29, 1.82) is 0 Å². The second-order valence-corrected chi connectivity index (χ2v) is 22.5. The summed E-state index contributed by atoms with van der Waals surface area (Å²) in [5.74, 6) is 4.57. The fourth-order valence-corrected chi connectivity index (χ4v) is 12.8. The number of aliphatic carboxylic acids is 1. The van der Waals surface area contributed by atoms with Gasteiger partial charge in [0.1, 0.15) is 0 Å². The first-order valence-corrected chi connectivity index (χ1v) is 29.1. The molecule has 0 bridgehead atoms. The van der Waals surface area contributed by atoms with Crippen molar-refractivity contribution < 1.29 is 71.5 Å². The molecule has 0 aromatic heterocycles. The van der Waals surface area contributed by atoms with E-state index in [-0.39, 0.29) is 29.2 Å². The minimum absolute atomic E-state index is 0.00573. The van der Waals surface area contributed by atoms with E-state index in [1.807, 2.05) is 0 Å². The number of fused-ring (bicyclic) bond motifs is 5. The van der Waals surface area contributed by atoms with Crippen LogP contribution in [0.4, 0.5) is 0 Å². The zero-order valence-electron chi connectivity index (χ0n) is 45.9. The van der Waals surface area contributed by atoms with Crippen LogP contribution in [0.1, 0.15) is 112 Å². The molecule has 0 saturated heterocycles. The molecule has 0 aromatic carbocycles. The van der Waals surface area contributed by atoms with E-state index in [0.717, 1.165) is 48.3 Å². The molecule has 426 valence electrons. The molecule has 4 aliphatic carbocycles. The summed E-state index contributed by atoms with van der Waals surface area (Å²) in [6.45, 7) is 24.0. The Morgan fingerprint density at radius 2 is 1.03 bits per heavy atom. The van der Waals surface area contributed by atoms with Crippen molar-refractivity contribution in [1.82, 2.24) is 5.32 Å². The molecule has 2 N–H and O–H groups in total. The second-order valence-electron chi connectivity index (χ2n) is 21.5. The number of alkyl halides is 1. The first-order chi connectivity index (χ1) is 35.5. The van der Waals surface area contributed by atoms with E-state index < -0.39 is 5.97 Å². The lowest BCUT2D eigenvalue weighted by Crippen LogP contribution is -2.51. The first kappa shape index (κ1) is 64.2. The number of carboxylic acids is 1. The highest BCUT2D eigenvalue weighted by atomic mass is 79.9. The van der Waals surface area contributed by atoms with E-state index in [1.165, 1.54) is 57.8 Å². The smallest absolute Gasteiger partial charge is 0.305 e. The Hall–Kier alpha value is -1.32. The maximum absolute atomic E-state index is 13.2. The van der Waals surface area contributed by atoms with Gasteiger partial charge in [0.05, 0.1) is 170 Å². The SMILES string of the molecule is CC(C)CCC[C@@H](C)[C@H]1CC[C@H]2[C@@H]3CC=C4CC(C(Br)C(=O)NCCOCCOCCOCCOCCOCCOCCOCCOCCOCCOCCOCCOCCC(=O)O)CC[C@]4(C)[C@H]3CC[C@]12C. The lowest BCUT2D eigenvalue weighted by molar-refractivity contribution is -0.138. The Kier molecular flexibility index (Phi) is 33.7. The number of carbonyl (C=O) groups excluding carboxylic acids is 1. The van der Waals surface area contributed by atoms with Gasteiger partial charge in [-0.05, 0) is 104 Å². The third-order valence-corrected chi connectivity index (χ3v) is 17.3. The van der Waals surface area contributed by atoms with Gasteiger partial charge in [-0.3, -0.25) is 9.59 Å². The topological polar surface area (TPSA) is 177 Å². The highest BCUT2D eigenvalue weighted by Gasteiger charge is 2.59. The number of carbonyl (C=O) groups is 2. The van der Waals surface area contributed by atoms with Crippen molar-refractivity contribution in [2.24, 2.45) is 52.3 Å². The molecule has 4 aliphatic rings. The second kappa shape index (κ2) is 38.3. The van der Waals surface area contributed by atoms with Crippen LogP contribution < -0.4 is 5.32 Å². The molecule has 3 saturated carbocycles. The molecular formula is C56H100BrNO15. The minimum Gasteiger partial charge on any atom is -0.481 e. The molecule has 16 nitrogen and oxygen atoms in total. The lowest BCUT2D eigenvalue weighted by Gasteiger charge is -2.58. The number of carboxylic acid groups (broad SMARTS) is 1. The van der Waals surface area contributed by atoms with Crippen molar-refractivity contribution in [3.63, 3.8) is 0 Å². The van der Waals surface area contributed by atoms with Gasteiger partial charge >= 0.3 is 5.97 Å². The quantitative estimate of drug-likeness (QED) is 0.0339. The van der Waals surface area contributed by atoms with Crippen LogP contribution >= 0.6 is 15.9 Å². The van der Waals surface area contributed by atoms with Crippen LogP contribution in [-0.4, -0.2) is 187 Å². The zero-order valence-corrected chi connectivity index (χ0v) is 47.5. The van der Waals surface area contributed by atoms with E-state index in [0.29, 0.717) is 170 Å². The van der Waals surface area contributed by atoms with E-state index in [2.05, 4.69) is 61.9 Å². The predicted molar refractivity (Wildman–Crippen MR) is 284 cm³/mol. The monoisotopic (exact) mass is 1110 g/mol. The van der Waals surface area contributed by atoms with Crippen LogP contribution in [0.3, 0.4) is 0 Å². The Bertz CT molecular complexity index is 1480. The molecule has 0 spiro atoms. The number of ether oxygens (including phenoxy) is 12. The number of nitrogens with one attached hydrogen (secondary N) is 1. The number of allylic oxidation sites excluding steroid dienone is 2. The van der Waals surface area contributed by atoms with Crippen LogP contribution in [-0.2, 0) is 66.4 Å². The molecule has 73 heavy (non-hydrogen) atoms. The van der Waals surface area contributed by atoms with E-state index >= 15 is 0 Å². The van der Waals surface area contributed by atoms with Gasteiger partial charge in [0.2, 0.25) is 5.91 Å². The number of hydrogen-bond donors (Lipinski definition) is 2. The van der Waals surface area contributed by atoms with Gasteiger partial charge in [0.25, 0.3) is 0 Å². The Morgan fingerprint density at radius 3 is 1.47 bits per heavy atom. The summed E-state index contributed by atoms with van der Waals surface area (Å²) in [5, 5.41) is 11.6. The normalized spacial score (nSPS) is 25.5. The van der Waals surface area contributed by atoms with Gasteiger partial charge in [-0.1, -0.05) is 81.5 Å². The summed E-state index contributed by atoms with van der Waals surface area (Å²) in [6, 6.07) is 0. The highest BCUT2D eigenvalue weighted by molar-refractivity contribution is 9.10. The van der Waals surface area contributed by atoms with Crippen molar-refractivity contribution in [3.05, 3.63) is 11.6 Å². The van der Waals surface area contributed by atoms with Gasteiger partial charge in [-0.15, -0.1) is 0 Å². The first-order valence-electron chi connectivity index (χ1n) is 28.2. The molecule has 3 fully saturated rings. The molecule has 0 aliphatic heterocycles. The van der Waals surface area contributed by atoms with Crippen LogP contribution in [0.5, 0.6) is 0 Å². The van der Waals surface area contributed by atoms with Crippen LogP contribution in [0.2, 0.25) is 0 Å². The number of amides is 1. The van der Waals surface area contributed by atoms with Crippen molar-refractivity contribution in [2.45, 2.75) is 116 Å². The highest BCUT2D eigenvalue weighted by Crippen LogP contribution is 2.67. The summed E-state index contributed by atoms with van der Waals surface area (Å²) < 4.78 is 66.0. The zero-order chi connectivity index (χ0) is 52.4. The summed E-state index contributed by atoms with van der Waals surface area (Å²) in [7, 11) is 0. The average molecular weight is 1110 g/mol. The Labute approximate surface area is 448 Å². The standard InChI is InChI=1S/C56H100BrNO15/c1-44(2)7-6-8-45(3)49-11-12-50-48-10-9-47-43-46(13-16-55(47,4)51(48)14-17-56(49,50)5)53(57)54(61)58-18-20-63-22-24-65-26-28-67-30-32-69-34-36-71-38-40-73-42-41-72-39-37-70-35-33-68-31-29-66-27-25-64-23-21-62-19-15-52(59)60/h9,44-46,48-51,53H,6-8,10-43H2,1-5H3,(H,58,61)(H,59,60)/t45-,46?,48+,49-,50+,51+,53?,55+,56-/m1/s1. The summed E-state index contributed by atoms with van der Waals surface area (Å²) >= 11 is 3.83. The van der Waals surface area contributed by atoms with Gasteiger partial charge in [0.15, 0.2) is 0 Å². The Morgan fingerprint density at radius 1 is 0.589 bits per heavy atom. The molecule has 2 unspecified atom stereocenters. The molecule has 0 aromatic rings. The van der Waals surface area contributed by atoms with Crippen molar-refractivity contribution >= 4 is 27.8 Å². The molecule has 17 heteroatoms. The van der Waals surface area contributed by atoms with Crippen LogP contribution in [0.15, 0.2) is 11.6 Å². The predicted octanol–water partition coefficient (Wildman–Crippen LogP) is 8.20. The van der Waals surface area contributed by atoms with Crippen LogP contribution in [0.25, 0.3) is 0 Å². The van der Waals surface area contributed by atoms with Gasteiger partial charge in [-0.2, -0.15) is 0 Å². The number of halogens is 1. The average Bonchev–Trinajstić information content (AvgIpc) is 3.73. The number of rotatable bonds is 46. The van der Waals surface area contributed by atoms with E-state index in [9.17, 15) is 9.59 Å². The van der Waals surface area contributed by atoms with Crippen LogP contribution in [0, 0.1) is 52.3 Å². The number of hydrogen-bond acceptors (Lipinski definition) is 14. The molecule has 4 rings (SSSR count). The summed E-state index contributed by atoms with van der Waals surface area (Å²) in [6.07, 6.45) is 17.0. The molecule has 1 amide bonds. The third kappa shape index (κ3) is 24.5. The fourth-order valence-electron chi connectivity index (χ4n) is 12.2. The van der Waals surface area contributed by atoms with E-state index in [4.69, 9.17) is 61.9 Å². The van der Waals surface area contributed by atoms with Gasteiger partial charge in [0, 0.05) is 6.54 Å². The molecule has 9 atom stereocenters. The van der Waals surface area contributed by atoms with E-state index in [1.54, 1.807) is 5.57 Å². The maximum Gasteiger partial charge on any atom is 0.305 e. The molecule has 0 heterocycles. The maximum atomic E-state index is 13.2. The minimum atomic E-state index is -0.875. The lowest BCUT2D eigenvalue weighted by atomic mass is 9.46. The fraction of sp³-hybridized carbons (Fsp3) is 0.929. The summed E-state index contributed by atoms with van der Waals surface area (Å²) in [5.41, 5.74) is 2.44. The Balaban J connectivity index is 0.850. The third-order valence-electron chi connectivity index (χ3n) is 16.1. The van der Waals surface area contributed by atoms with Crippen molar-refractivity contribution in [3.8, 4) is 0 Å². The molecule has 0 radical (unpaired) electrons. The largest absolute Gasteiger partial charge is 0.481 e. The molecular weight excluding hydrogens is 1010 g/mol. The van der Waals surface area contributed by atoms with Crippen molar-refractivity contribution in [2.75, 3.05) is 165 Å². The van der Waals surface area contributed by atoms with Gasteiger partial charge in [-0.25, -0.2) is 0 Å².